The second-order valence-electron chi connectivity index (χ2n) is 3.50. The number of benzene rings is 1. The first-order valence-corrected chi connectivity index (χ1v) is 5.41. The van der Waals surface area contributed by atoms with Gasteiger partial charge in [-0.3, -0.25) is 9.59 Å². The smallest absolute Gasteiger partial charge is 0.221 e. The molecule has 0 aliphatic heterocycles. The minimum Gasteiger partial charge on any atom is -0.489 e. The summed E-state index contributed by atoms with van der Waals surface area (Å²) in [4.78, 5) is 21.4. The Kier molecular flexibility index (Phi) is 5.66. The van der Waals surface area contributed by atoms with Crippen molar-refractivity contribution < 1.29 is 19.1 Å². The van der Waals surface area contributed by atoms with Gasteiger partial charge < -0.3 is 20.1 Å². The number of ether oxygens (including phenoxy) is 2. The van der Waals surface area contributed by atoms with Crippen molar-refractivity contribution in [2.45, 2.75) is 6.92 Å². The molecule has 2 N–H and O–H groups in total. The van der Waals surface area contributed by atoms with Gasteiger partial charge in [0.2, 0.25) is 12.3 Å². The molecule has 0 aromatic heterocycles. The first-order chi connectivity index (χ1) is 8.67. The molecule has 0 aliphatic rings. The van der Waals surface area contributed by atoms with Crippen LogP contribution in [0, 0.1) is 0 Å². The lowest BCUT2D eigenvalue weighted by atomic mass is 10.2. The summed E-state index contributed by atoms with van der Waals surface area (Å²) in [5.74, 6) is 0.341. The molecule has 6 nitrogen and oxygen atoms in total. The van der Waals surface area contributed by atoms with Crippen LogP contribution < -0.4 is 15.4 Å². The van der Waals surface area contributed by atoms with Gasteiger partial charge in [-0.25, -0.2) is 0 Å². The van der Waals surface area contributed by atoms with E-state index in [2.05, 4.69) is 10.6 Å². The fourth-order valence-corrected chi connectivity index (χ4v) is 1.35. The molecule has 0 aliphatic carbocycles. The molecule has 98 valence electrons. The summed E-state index contributed by atoms with van der Waals surface area (Å²) in [6.45, 7) is 2.24. The van der Waals surface area contributed by atoms with E-state index < -0.39 is 0 Å². The van der Waals surface area contributed by atoms with Crippen molar-refractivity contribution in [1.29, 1.82) is 0 Å². The van der Waals surface area contributed by atoms with Crippen LogP contribution in [0.3, 0.4) is 0 Å². The summed E-state index contributed by atoms with van der Waals surface area (Å²) in [6.07, 6.45) is 0.552. The third kappa shape index (κ3) is 4.42. The van der Waals surface area contributed by atoms with Gasteiger partial charge in [0.05, 0.1) is 12.3 Å². The van der Waals surface area contributed by atoms with Gasteiger partial charge in [0.1, 0.15) is 12.4 Å². The summed E-state index contributed by atoms with van der Waals surface area (Å²) in [5.41, 5.74) is 1.08. The molecule has 6 heteroatoms. The molecule has 1 aromatic rings. The highest BCUT2D eigenvalue weighted by Gasteiger charge is 2.05. The highest BCUT2D eigenvalue weighted by atomic mass is 16.5. The Balaban J connectivity index is 2.82. The average Bonchev–Trinajstić information content (AvgIpc) is 2.32. The van der Waals surface area contributed by atoms with E-state index in [1.165, 1.54) is 6.92 Å². The Bertz CT molecular complexity index is 421. The standard InChI is InChI=1S/C12H16N2O4/c1-9(16)14-10-3-4-12(18-6-5-17-2)11(7-10)13-8-15/h3-4,7-8H,5-6H2,1-2H3,(H,13,15)(H,14,16). The summed E-state index contributed by atoms with van der Waals surface area (Å²) >= 11 is 0. The minimum absolute atomic E-state index is 0.180. The molecule has 18 heavy (non-hydrogen) atoms. The predicted molar refractivity (Wildman–Crippen MR) is 67.8 cm³/mol. The number of amides is 2. The van der Waals surface area contributed by atoms with Crippen LogP contribution in [0.15, 0.2) is 18.2 Å². The molecule has 0 heterocycles. The van der Waals surface area contributed by atoms with Crippen LogP contribution in [0.2, 0.25) is 0 Å². The molecule has 0 saturated carbocycles. The van der Waals surface area contributed by atoms with E-state index in [1.807, 2.05) is 0 Å². The number of nitrogens with one attached hydrogen (secondary N) is 2. The molecular weight excluding hydrogens is 236 g/mol. The topological polar surface area (TPSA) is 76.7 Å². The quantitative estimate of drug-likeness (QED) is 0.565. The number of anilines is 2. The molecule has 0 spiro atoms. The Morgan fingerprint density at radius 2 is 2.17 bits per heavy atom. The highest BCUT2D eigenvalue weighted by Crippen LogP contribution is 2.27. The second kappa shape index (κ2) is 7.29. The Labute approximate surface area is 105 Å². The van der Waals surface area contributed by atoms with Gasteiger partial charge in [0, 0.05) is 19.7 Å². The lowest BCUT2D eigenvalue weighted by Crippen LogP contribution is -2.09. The molecule has 1 aromatic carbocycles. The third-order valence-electron chi connectivity index (χ3n) is 2.06. The molecule has 0 atom stereocenters. The second-order valence-corrected chi connectivity index (χ2v) is 3.50. The molecule has 0 saturated heterocycles. The van der Waals surface area contributed by atoms with E-state index in [0.717, 1.165) is 0 Å². The van der Waals surface area contributed by atoms with Gasteiger partial charge in [-0.15, -0.1) is 0 Å². The molecule has 2 amide bonds. The molecule has 1 rings (SSSR count). The SMILES string of the molecule is COCCOc1ccc(NC(C)=O)cc1NC=O. The number of carbonyl (C=O) groups excluding carboxylic acids is 2. The number of methoxy groups -OCH3 is 1. The first-order valence-electron chi connectivity index (χ1n) is 5.41. The van der Waals surface area contributed by atoms with Crippen LogP contribution in [0.1, 0.15) is 6.92 Å². The monoisotopic (exact) mass is 252 g/mol. The molecule has 0 fully saturated rings. The van der Waals surface area contributed by atoms with Crippen molar-refractivity contribution in [3.63, 3.8) is 0 Å². The minimum atomic E-state index is -0.180. The largest absolute Gasteiger partial charge is 0.489 e. The maximum atomic E-state index is 10.9. The Morgan fingerprint density at radius 1 is 1.39 bits per heavy atom. The van der Waals surface area contributed by atoms with Crippen LogP contribution in [0.4, 0.5) is 11.4 Å². The maximum Gasteiger partial charge on any atom is 0.221 e. The Hall–Kier alpha value is -2.08. The molecule has 0 radical (unpaired) electrons. The van der Waals surface area contributed by atoms with E-state index in [0.29, 0.717) is 36.7 Å². The van der Waals surface area contributed by atoms with Crippen LogP contribution in [0.5, 0.6) is 5.75 Å². The van der Waals surface area contributed by atoms with Crippen LogP contribution in [-0.2, 0) is 14.3 Å². The summed E-state index contributed by atoms with van der Waals surface area (Å²) in [6, 6.07) is 4.99. The van der Waals surface area contributed by atoms with E-state index in [-0.39, 0.29) is 5.91 Å². The maximum absolute atomic E-state index is 10.9. The highest BCUT2D eigenvalue weighted by molar-refractivity contribution is 5.90. The van der Waals surface area contributed by atoms with Crippen molar-refractivity contribution in [1.82, 2.24) is 0 Å². The van der Waals surface area contributed by atoms with Crippen molar-refractivity contribution in [3.05, 3.63) is 18.2 Å². The van der Waals surface area contributed by atoms with Crippen molar-refractivity contribution in [3.8, 4) is 5.75 Å². The lowest BCUT2D eigenvalue weighted by molar-refractivity contribution is -0.114. The number of hydrogen-bond acceptors (Lipinski definition) is 4. The molecule has 0 bridgehead atoms. The molecule has 0 unspecified atom stereocenters. The van der Waals surface area contributed by atoms with Gasteiger partial charge in [0.25, 0.3) is 0 Å². The van der Waals surface area contributed by atoms with E-state index in [4.69, 9.17) is 9.47 Å². The summed E-state index contributed by atoms with van der Waals surface area (Å²) in [5, 5.41) is 5.14. The predicted octanol–water partition coefficient (Wildman–Crippen LogP) is 1.24. The zero-order valence-electron chi connectivity index (χ0n) is 10.4. The third-order valence-corrected chi connectivity index (χ3v) is 2.06. The Morgan fingerprint density at radius 3 is 2.78 bits per heavy atom. The summed E-state index contributed by atoms with van der Waals surface area (Å²) < 4.78 is 10.3. The van der Waals surface area contributed by atoms with Crippen molar-refractivity contribution in [2.24, 2.45) is 0 Å². The molecular formula is C12H16N2O4. The van der Waals surface area contributed by atoms with Crippen LogP contribution in [-0.4, -0.2) is 32.6 Å². The van der Waals surface area contributed by atoms with Crippen molar-refractivity contribution in [2.75, 3.05) is 31.0 Å². The van der Waals surface area contributed by atoms with Gasteiger partial charge in [-0.1, -0.05) is 0 Å². The van der Waals surface area contributed by atoms with E-state index >= 15 is 0 Å². The van der Waals surface area contributed by atoms with E-state index in [9.17, 15) is 9.59 Å². The zero-order chi connectivity index (χ0) is 13.4. The van der Waals surface area contributed by atoms with Gasteiger partial charge in [0.15, 0.2) is 0 Å². The zero-order valence-corrected chi connectivity index (χ0v) is 10.4. The average molecular weight is 252 g/mol. The fraction of sp³-hybridized carbons (Fsp3) is 0.333. The van der Waals surface area contributed by atoms with Gasteiger partial charge >= 0.3 is 0 Å². The van der Waals surface area contributed by atoms with Crippen molar-refractivity contribution >= 4 is 23.7 Å². The van der Waals surface area contributed by atoms with Crippen LogP contribution >= 0.6 is 0 Å². The number of rotatable bonds is 7. The fourth-order valence-electron chi connectivity index (χ4n) is 1.35. The van der Waals surface area contributed by atoms with Crippen LogP contribution in [0.25, 0.3) is 0 Å². The normalized spacial score (nSPS) is 9.67. The van der Waals surface area contributed by atoms with E-state index in [1.54, 1.807) is 25.3 Å². The lowest BCUT2D eigenvalue weighted by Gasteiger charge is -2.12. The summed E-state index contributed by atoms with van der Waals surface area (Å²) in [7, 11) is 1.58. The van der Waals surface area contributed by atoms with Gasteiger partial charge in [-0.2, -0.15) is 0 Å². The number of hydrogen-bond donors (Lipinski definition) is 2. The van der Waals surface area contributed by atoms with Gasteiger partial charge in [-0.05, 0) is 18.2 Å². The number of carbonyl (C=O) groups is 2. The first kappa shape index (κ1) is 14.0.